The number of unbranched alkanes of at least 4 members (excludes halogenated alkanes) is 36. The molecular weight excluding hydrogens is 967 g/mol. The summed E-state index contributed by atoms with van der Waals surface area (Å²) < 4.78 is 16.7. The quantitative estimate of drug-likeness (QED) is 0.0195. The number of amides is 1. The Morgan fingerprint density at radius 3 is 1.32 bits per heavy atom. The average molecular weight is 1090 g/mol. The minimum Gasteiger partial charge on any atom is -0.466 e. The van der Waals surface area contributed by atoms with E-state index in [-0.39, 0.29) is 18.5 Å². The van der Waals surface area contributed by atoms with Gasteiger partial charge in [-0.1, -0.05) is 242 Å². The van der Waals surface area contributed by atoms with Crippen LogP contribution in [-0.4, -0.2) is 100 Å². The van der Waals surface area contributed by atoms with Gasteiger partial charge in [0.05, 0.1) is 32.0 Å². The molecule has 1 amide bonds. The standard InChI is InChI=1S/C66H121NO10/c1-3-5-7-9-11-13-14-15-27-31-34-38-42-46-50-54-62(71)75-55-51-47-43-39-35-32-29-26-24-22-20-18-16-17-19-21-23-25-28-30-33-37-41-45-49-53-61(70)67-58(59(69)52-48-44-40-36-12-10-8-6-4-2)57-76-66-65(74)64(73)63(72)60(56-68)77-66/h15,17-20,27,48,52,58-60,63-66,68-69,72-74H,3-14,16,21-26,28-47,49-51,53-57H2,1-2H3,(H,67,70)/b19-17-,20-18-,27-15-,52-48+. The van der Waals surface area contributed by atoms with Crippen LogP contribution in [0.3, 0.4) is 0 Å². The predicted octanol–water partition coefficient (Wildman–Crippen LogP) is 15.6. The second-order valence-corrected chi connectivity index (χ2v) is 22.5. The molecule has 0 saturated carbocycles. The molecule has 1 rings (SSSR count). The van der Waals surface area contributed by atoms with Gasteiger partial charge in [0, 0.05) is 12.8 Å². The largest absolute Gasteiger partial charge is 0.466 e. The van der Waals surface area contributed by atoms with Crippen molar-refractivity contribution in [1.82, 2.24) is 5.32 Å². The fourth-order valence-corrected chi connectivity index (χ4v) is 9.99. The van der Waals surface area contributed by atoms with Gasteiger partial charge < -0.3 is 45.1 Å². The number of rotatable bonds is 56. The van der Waals surface area contributed by atoms with E-state index in [1.165, 1.54) is 186 Å². The van der Waals surface area contributed by atoms with E-state index in [4.69, 9.17) is 14.2 Å². The molecule has 6 N–H and O–H groups in total. The van der Waals surface area contributed by atoms with Crippen LogP contribution in [0, 0.1) is 0 Å². The molecule has 450 valence electrons. The normalized spacial score (nSPS) is 18.9. The Morgan fingerprint density at radius 1 is 0.481 bits per heavy atom. The molecule has 0 aromatic heterocycles. The van der Waals surface area contributed by atoms with Crippen molar-refractivity contribution in [2.24, 2.45) is 0 Å². The number of esters is 1. The molecule has 7 atom stereocenters. The molecule has 0 radical (unpaired) electrons. The number of nitrogens with one attached hydrogen (secondary N) is 1. The first-order valence-electron chi connectivity index (χ1n) is 32.4. The summed E-state index contributed by atoms with van der Waals surface area (Å²) in [5.41, 5.74) is 0. The summed E-state index contributed by atoms with van der Waals surface area (Å²) >= 11 is 0. The van der Waals surface area contributed by atoms with Crippen LogP contribution in [0.15, 0.2) is 48.6 Å². The summed E-state index contributed by atoms with van der Waals surface area (Å²) in [6, 6.07) is -0.814. The first kappa shape index (κ1) is 72.6. The number of hydrogen-bond acceptors (Lipinski definition) is 10. The number of hydrogen-bond donors (Lipinski definition) is 6. The summed E-state index contributed by atoms with van der Waals surface area (Å²) in [7, 11) is 0. The smallest absolute Gasteiger partial charge is 0.305 e. The molecule has 0 bridgehead atoms. The zero-order chi connectivity index (χ0) is 55.9. The van der Waals surface area contributed by atoms with Crippen LogP contribution in [0.4, 0.5) is 0 Å². The molecule has 7 unspecified atom stereocenters. The average Bonchev–Trinajstić information content (AvgIpc) is 3.43. The lowest BCUT2D eigenvalue weighted by Crippen LogP contribution is -2.60. The highest BCUT2D eigenvalue weighted by molar-refractivity contribution is 5.76. The highest BCUT2D eigenvalue weighted by Gasteiger charge is 2.44. The van der Waals surface area contributed by atoms with Gasteiger partial charge in [-0.05, 0) is 89.9 Å². The van der Waals surface area contributed by atoms with Crippen molar-refractivity contribution in [2.75, 3.05) is 19.8 Å². The molecule has 11 heteroatoms. The van der Waals surface area contributed by atoms with Crippen molar-refractivity contribution >= 4 is 11.9 Å². The SMILES string of the molecule is CCCCCCCC/C=C\CCCCCCCC(=O)OCCCCCCCCCCC/C=C\C/C=C\CCCCCCCCCCCC(=O)NC(COC1OC(CO)C(O)C(O)C1O)C(O)/C=C/CCCCCCCCC. The lowest BCUT2D eigenvalue weighted by Gasteiger charge is -2.40. The van der Waals surface area contributed by atoms with Crippen LogP contribution in [0.2, 0.25) is 0 Å². The van der Waals surface area contributed by atoms with Crippen molar-refractivity contribution in [2.45, 2.75) is 339 Å². The van der Waals surface area contributed by atoms with Crippen molar-refractivity contribution in [1.29, 1.82) is 0 Å². The molecule has 1 saturated heterocycles. The van der Waals surface area contributed by atoms with Gasteiger partial charge in [0.2, 0.25) is 5.91 Å². The maximum atomic E-state index is 13.0. The second kappa shape index (κ2) is 55.5. The van der Waals surface area contributed by atoms with Gasteiger partial charge in [-0.2, -0.15) is 0 Å². The van der Waals surface area contributed by atoms with E-state index in [1.54, 1.807) is 6.08 Å². The van der Waals surface area contributed by atoms with Crippen molar-refractivity contribution in [3.05, 3.63) is 48.6 Å². The molecular formula is C66H121NO10. The summed E-state index contributed by atoms with van der Waals surface area (Å²) in [6.45, 7) is 4.30. The van der Waals surface area contributed by atoms with E-state index in [9.17, 15) is 35.1 Å². The minimum atomic E-state index is -1.57. The third kappa shape index (κ3) is 45.0. The van der Waals surface area contributed by atoms with Gasteiger partial charge in [0.1, 0.15) is 24.4 Å². The van der Waals surface area contributed by atoms with Gasteiger partial charge >= 0.3 is 5.97 Å². The fraction of sp³-hybridized carbons (Fsp3) is 0.848. The van der Waals surface area contributed by atoms with Crippen LogP contribution < -0.4 is 5.32 Å². The molecule has 1 aliphatic heterocycles. The molecule has 1 heterocycles. The van der Waals surface area contributed by atoms with Gasteiger partial charge in [-0.3, -0.25) is 9.59 Å². The summed E-state index contributed by atoms with van der Waals surface area (Å²) in [6.07, 6.45) is 60.9. The van der Waals surface area contributed by atoms with Crippen molar-refractivity contribution < 1.29 is 49.3 Å². The van der Waals surface area contributed by atoms with Gasteiger partial charge in [0.15, 0.2) is 6.29 Å². The maximum Gasteiger partial charge on any atom is 0.305 e. The molecule has 1 fully saturated rings. The van der Waals surface area contributed by atoms with E-state index < -0.39 is 49.5 Å². The van der Waals surface area contributed by atoms with E-state index in [1.807, 2.05) is 6.08 Å². The molecule has 1 aliphatic rings. The third-order valence-electron chi connectivity index (χ3n) is 15.2. The van der Waals surface area contributed by atoms with Crippen molar-refractivity contribution in [3.63, 3.8) is 0 Å². The minimum absolute atomic E-state index is 0.00986. The fourth-order valence-electron chi connectivity index (χ4n) is 9.99. The first-order valence-corrected chi connectivity index (χ1v) is 32.4. The zero-order valence-electron chi connectivity index (χ0n) is 49.7. The Balaban J connectivity index is 1.99. The van der Waals surface area contributed by atoms with Gasteiger partial charge in [-0.15, -0.1) is 0 Å². The number of carbonyl (C=O) groups excluding carboxylic acids is 2. The van der Waals surface area contributed by atoms with Gasteiger partial charge in [-0.25, -0.2) is 0 Å². The second-order valence-electron chi connectivity index (χ2n) is 22.5. The van der Waals surface area contributed by atoms with Crippen LogP contribution >= 0.6 is 0 Å². The molecule has 0 aliphatic carbocycles. The highest BCUT2D eigenvalue weighted by Crippen LogP contribution is 2.23. The number of ether oxygens (including phenoxy) is 3. The van der Waals surface area contributed by atoms with Crippen LogP contribution in [0.25, 0.3) is 0 Å². The van der Waals surface area contributed by atoms with Crippen molar-refractivity contribution in [3.8, 4) is 0 Å². The molecule has 11 nitrogen and oxygen atoms in total. The monoisotopic (exact) mass is 1090 g/mol. The Labute approximate surface area is 472 Å². The van der Waals surface area contributed by atoms with E-state index >= 15 is 0 Å². The Morgan fingerprint density at radius 2 is 0.870 bits per heavy atom. The molecule has 77 heavy (non-hydrogen) atoms. The number of allylic oxidation sites excluding steroid dienone is 7. The molecule has 0 aromatic rings. The Kier molecular flexibility index (Phi) is 52.4. The Bertz CT molecular complexity index is 1420. The van der Waals surface area contributed by atoms with E-state index in [2.05, 4.69) is 55.6 Å². The lowest BCUT2D eigenvalue weighted by atomic mass is 9.99. The lowest BCUT2D eigenvalue weighted by molar-refractivity contribution is -0.302. The van der Waals surface area contributed by atoms with Crippen LogP contribution in [0.5, 0.6) is 0 Å². The van der Waals surface area contributed by atoms with E-state index in [0.717, 1.165) is 83.5 Å². The highest BCUT2D eigenvalue weighted by atomic mass is 16.7. The zero-order valence-corrected chi connectivity index (χ0v) is 49.7. The topological polar surface area (TPSA) is 175 Å². The molecule has 0 aromatic carbocycles. The Hall–Kier alpha value is -2.38. The number of aliphatic hydroxyl groups excluding tert-OH is 5. The van der Waals surface area contributed by atoms with Crippen LogP contribution in [0.1, 0.15) is 296 Å². The summed E-state index contributed by atoms with van der Waals surface area (Å²) in [5, 5.41) is 54.2. The number of aliphatic hydroxyl groups is 5. The molecule has 0 spiro atoms. The predicted molar refractivity (Wildman–Crippen MR) is 320 cm³/mol. The summed E-state index contributed by atoms with van der Waals surface area (Å²) in [5.74, 6) is -0.200. The van der Waals surface area contributed by atoms with E-state index in [0.29, 0.717) is 19.4 Å². The maximum absolute atomic E-state index is 13.0. The van der Waals surface area contributed by atoms with Gasteiger partial charge in [0.25, 0.3) is 0 Å². The summed E-state index contributed by atoms with van der Waals surface area (Å²) in [4.78, 5) is 25.1. The number of carbonyl (C=O) groups is 2. The van der Waals surface area contributed by atoms with Crippen LogP contribution in [-0.2, 0) is 23.8 Å². The third-order valence-corrected chi connectivity index (χ3v) is 15.2. The first-order chi connectivity index (χ1) is 37.7.